The molecule has 2 aromatic heterocycles. The van der Waals surface area contributed by atoms with E-state index in [-0.39, 0.29) is 0 Å². The predicted octanol–water partition coefficient (Wildman–Crippen LogP) is 1.64. The zero-order chi connectivity index (χ0) is 15.6. The van der Waals surface area contributed by atoms with Crippen LogP contribution in [0.2, 0.25) is 0 Å². The van der Waals surface area contributed by atoms with Crippen LogP contribution in [0.25, 0.3) is 0 Å². The van der Waals surface area contributed by atoms with E-state index >= 15 is 0 Å². The summed E-state index contributed by atoms with van der Waals surface area (Å²) in [5, 5.41) is 17.6. The number of hydrogen-bond donors (Lipinski definition) is 2. The first-order valence-corrected chi connectivity index (χ1v) is 7.88. The van der Waals surface area contributed by atoms with Gasteiger partial charge in [0, 0.05) is 42.8 Å². The number of rotatable bonds is 4. The maximum absolute atomic E-state index is 10.7. The van der Waals surface area contributed by atoms with Crippen molar-refractivity contribution in [1.29, 1.82) is 0 Å². The number of aryl methyl sites for hydroxylation is 2. The van der Waals surface area contributed by atoms with Gasteiger partial charge < -0.3 is 10.0 Å². The van der Waals surface area contributed by atoms with E-state index in [0.29, 0.717) is 19.3 Å². The van der Waals surface area contributed by atoms with E-state index in [4.69, 9.17) is 0 Å². The number of aliphatic hydroxyl groups is 1. The summed E-state index contributed by atoms with van der Waals surface area (Å²) in [5.74, 6) is 0.792. The standard InChI is InChI=1S/C16H23N5O/c1-3-13-10-12(2)18-15(19-13)21-8-5-16(22,6-9-21)11-14-4-7-17-20-14/h4,7,10,22H,3,5-6,8-9,11H2,1-2H3,(H,17,20). The molecule has 6 nitrogen and oxygen atoms in total. The van der Waals surface area contributed by atoms with E-state index in [0.717, 1.165) is 42.5 Å². The van der Waals surface area contributed by atoms with Crippen molar-refractivity contribution in [3.8, 4) is 0 Å². The normalized spacial score (nSPS) is 17.7. The van der Waals surface area contributed by atoms with Gasteiger partial charge in [-0.15, -0.1) is 0 Å². The van der Waals surface area contributed by atoms with Gasteiger partial charge in [0.2, 0.25) is 5.95 Å². The summed E-state index contributed by atoms with van der Waals surface area (Å²) in [7, 11) is 0. The third kappa shape index (κ3) is 3.27. The van der Waals surface area contributed by atoms with Crippen LogP contribution >= 0.6 is 0 Å². The van der Waals surface area contributed by atoms with Crippen molar-refractivity contribution >= 4 is 5.95 Å². The molecule has 118 valence electrons. The van der Waals surface area contributed by atoms with E-state index in [1.165, 1.54) is 0 Å². The molecular weight excluding hydrogens is 278 g/mol. The van der Waals surface area contributed by atoms with Gasteiger partial charge >= 0.3 is 0 Å². The van der Waals surface area contributed by atoms with Gasteiger partial charge in [-0.1, -0.05) is 6.92 Å². The Bertz CT molecular complexity index is 617. The molecule has 0 aromatic carbocycles. The predicted molar refractivity (Wildman–Crippen MR) is 84.8 cm³/mol. The Labute approximate surface area is 130 Å². The third-order valence-corrected chi connectivity index (χ3v) is 4.31. The van der Waals surface area contributed by atoms with Gasteiger partial charge in [0.05, 0.1) is 5.60 Å². The van der Waals surface area contributed by atoms with E-state index in [1.807, 2.05) is 19.1 Å². The van der Waals surface area contributed by atoms with E-state index in [2.05, 4.69) is 32.0 Å². The van der Waals surface area contributed by atoms with Crippen LogP contribution in [-0.4, -0.2) is 44.0 Å². The van der Waals surface area contributed by atoms with Gasteiger partial charge in [-0.25, -0.2) is 9.97 Å². The Morgan fingerprint density at radius 2 is 2.09 bits per heavy atom. The fraction of sp³-hybridized carbons (Fsp3) is 0.562. The molecule has 2 aromatic rings. The lowest BCUT2D eigenvalue weighted by molar-refractivity contribution is 0.0154. The lowest BCUT2D eigenvalue weighted by atomic mass is 9.87. The van der Waals surface area contributed by atoms with Crippen LogP contribution < -0.4 is 4.90 Å². The zero-order valence-corrected chi connectivity index (χ0v) is 13.2. The molecule has 22 heavy (non-hydrogen) atoms. The fourth-order valence-corrected chi connectivity index (χ4v) is 2.98. The van der Waals surface area contributed by atoms with Crippen molar-refractivity contribution in [2.45, 2.75) is 45.1 Å². The van der Waals surface area contributed by atoms with Crippen molar-refractivity contribution in [2.24, 2.45) is 0 Å². The van der Waals surface area contributed by atoms with Gasteiger partial charge in [-0.3, -0.25) is 5.10 Å². The molecule has 6 heteroatoms. The molecule has 0 radical (unpaired) electrons. The second-order valence-corrected chi connectivity index (χ2v) is 6.12. The highest BCUT2D eigenvalue weighted by Gasteiger charge is 2.33. The second kappa shape index (κ2) is 6.04. The van der Waals surface area contributed by atoms with Crippen LogP contribution in [0, 0.1) is 6.92 Å². The molecule has 0 saturated carbocycles. The SMILES string of the molecule is CCc1cc(C)nc(N2CCC(O)(Cc3ccn[nH]3)CC2)n1. The Kier molecular flexibility index (Phi) is 4.11. The molecule has 3 heterocycles. The number of hydrogen-bond acceptors (Lipinski definition) is 5. The lowest BCUT2D eigenvalue weighted by Gasteiger charge is -2.38. The summed E-state index contributed by atoms with van der Waals surface area (Å²) >= 11 is 0. The van der Waals surface area contributed by atoms with E-state index in [9.17, 15) is 5.11 Å². The summed E-state index contributed by atoms with van der Waals surface area (Å²) in [5.41, 5.74) is 2.39. The fourth-order valence-electron chi connectivity index (χ4n) is 2.98. The van der Waals surface area contributed by atoms with E-state index < -0.39 is 5.60 Å². The van der Waals surface area contributed by atoms with Crippen molar-refractivity contribution in [3.05, 3.63) is 35.4 Å². The van der Waals surface area contributed by atoms with Crippen LogP contribution in [0.4, 0.5) is 5.95 Å². The van der Waals surface area contributed by atoms with Crippen molar-refractivity contribution < 1.29 is 5.11 Å². The minimum Gasteiger partial charge on any atom is -0.389 e. The number of nitrogens with zero attached hydrogens (tertiary/aromatic N) is 4. The molecular formula is C16H23N5O. The minimum atomic E-state index is -0.666. The first kappa shape index (κ1) is 15.0. The number of H-pyrrole nitrogens is 1. The topological polar surface area (TPSA) is 77.9 Å². The first-order valence-electron chi connectivity index (χ1n) is 7.88. The lowest BCUT2D eigenvalue weighted by Crippen LogP contribution is -2.46. The molecule has 3 rings (SSSR count). The molecule has 1 aliphatic heterocycles. The molecule has 0 atom stereocenters. The molecule has 1 fully saturated rings. The summed E-state index contributed by atoms with van der Waals surface area (Å²) in [6.07, 6.45) is 4.68. The molecule has 0 spiro atoms. The molecule has 1 saturated heterocycles. The maximum atomic E-state index is 10.7. The first-order chi connectivity index (χ1) is 10.6. The van der Waals surface area contributed by atoms with Crippen molar-refractivity contribution in [2.75, 3.05) is 18.0 Å². The average Bonchev–Trinajstić information content (AvgIpc) is 2.99. The molecule has 0 unspecified atom stereocenters. The zero-order valence-electron chi connectivity index (χ0n) is 13.2. The maximum Gasteiger partial charge on any atom is 0.225 e. The number of aromatic amines is 1. The van der Waals surface area contributed by atoms with Crippen molar-refractivity contribution in [1.82, 2.24) is 20.2 Å². The quantitative estimate of drug-likeness (QED) is 0.897. The van der Waals surface area contributed by atoms with E-state index in [1.54, 1.807) is 6.20 Å². The van der Waals surface area contributed by atoms with Gasteiger partial charge in [0.25, 0.3) is 0 Å². The van der Waals surface area contributed by atoms with Gasteiger partial charge in [-0.05, 0) is 38.3 Å². The highest BCUT2D eigenvalue weighted by atomic mass is 16.3. The van der Waals surface area contributed by atoms with Crippen LogP contribution in [0.3, 0.4) is 0 Å². The highest BCUT2D eigenvalue weighted by Crippen LogP contribution is 2.27. The van der Waals surface area contributed by atoms with Gasteiger partial charge in [0.1, 0.15) is 0 Å². The number of anilines is 1. The summed E-state index contributed by atoms with van der Waals surface area (Å²) in [6.45, 7) is 5.66. The largest absolute Gasteiger partial charge is 0.389 e. The monoisotopic (exact) mass is 301 g/mol. The summed E-state index contributed by atoms with van der Waals surface area (Å²) in [4.78, 5) is 11.3. The van der Waals surface area contributed by atoms with Crippen LogP contribution in [0.15, 0.2) is 18.3 Å². The average molecular weight is 301 g/mol. The highest BCUT2D eigenvalue weighted by molar-refractivity contribution is 5.33. The second-order valence-electron chi connectivity index (χ2n) is 6.12. The Hall–Kier alpha value is -1.95. The molecule has 0 aliphatic carbocycles. The molecule has 1 aliphatic rings. The summed E-state index contributed by atoms with van der Waals surface area (Å²) in [6, 6.07) is 3.95. The molecule has 2 N–H and O–H groups in total. The Morgan fingerprint density at radius 1 is 1.32 bits per heavy atom. The Morgan fingerprint density at radius 3 is 2.73 bits per heavy atom. The summed E-state index contributed by atoms with van der Waals surface area (Å²) < 4.78 is 0. The number of aromatic nitrogens is 4. The van der Waals surface area contributed by atoms with Crippen LogP contribution in [0.5, 0.6) is 0 Å². The smallest absolute Gasteiger partial charge is 0.225 e. The van der Waals surface area contributed by atoms with Crippen LogP contribution in [-0.2, 0) is 12.8 Å². The number of nitrogens with one attached hydrogen (secondary N) is 1. The molecule has 0 amide bonds. The van der Waals surface area contributed by atoms with Crippen LogP contribution in [0.1, 0.15) is 36.8 Å². The molecule has 0 bridgehead atoms. The third-order valence-electron chi connectivity index (χ3n) is 4.31. The van der Waals surface area contributed by atoms with Gasteiger partial charge in [0.15, 0.2) is 0 Å². The number of piperidine rings is 1. The van der Waals surface area contributed by atoms with Crippen molar-refractivity contribution in [3.63, 3.8) is 0 Å². The van der Waals surface area contributed by atoms with Gasteiger partial charge in [-0.2, -0.15) is 5.10 Å². The minimum absolute atomic E-state index is 0.621. The Balaban J connectivity index is 1.67.